The zero-order valence-electron chi connectivity index (χ0n) is 17.9. The molecule has 1 aromatic heterocycles. The van der Waals surface area contributed by atoms with Gasteiger partial charge in [0.25, 0.3) is 5.91 Å². The summed E-state index contributed by atoms with van der Waals surface area (Å²) in [5.41, 5.74) is 1.24. The topological polar surface area (TPSA) is 106 Å². The minimum absolute atomic E-state index is 0.00735. The number of para-hydroxylation sites is 1. The lowest BCUT2D eigenvalue weighted by molar-refractivity contribution is -0.134. The zero-order chi connectivity index (χ0) is 22.8. The van der Waals surface area contributed by atoms with Crippen LogP contribution in [0.3, 0.4) is 0 Å². The molecule has 0 spiro atoms. The summed E-state index contributed by atoms with van der Waals surface area (Å²) in [6, 6.07) is 14.7. The first-order valence-electron chi connectivity index (χ1n) is 10.8. The maximum atomic E-state index is 12.7. The Morgan fingerprint density at radius 2 is 1.84 bits per heavy atom. The van der Waals surface area contributed by atoms with Gasteiger partial charge >= 0.3 is 0 Å². The van der Waals surface area contributed by atoms with E-state index in [2.05, 4.69) is 16.4 Å². The first-order chi connectivity index (χ1) is 15.6. The van der Waals surface area contributed by atoms with Crippen LogP contribution >= 0.6 is 0 Å². The second kappa shape index (κ2) is 11.6. The lowest BCUT2D eigenvalue weighted by Gasteiger charge is -2.32. The molecular weight excluding hydrogens is 406 g/mol. The van der Waals surface area contributed by atoms with E-state index in [9.17, 15) is 14.4 Å². The Balaban J connectivity index is 1.45. The summed E-state index contributed by atoms with van der Waals surface area (Å²) in [5, 5.41) is 11.9. The molecule has 1 aliphatic heterocycles. The lowest BCUT2D eigenvalue weighted by atomic mass is 10.0. The van der Waals surface area contributed by atoms with E-state index in [0.29, 0.717) is 38.0 Å². The van der Waals surface area contributed by atoms with Gasteiger partial charge < -0.3 is 15.1 Å². The third kappa shape index (κ3) is 6.38. The van der Waals surface area contributed by atoms with Crippen LogP contribution < -0.4 is 10.2 Å². The van der Waals surface area contributed by atoms with E-state index < -0.39 is 0 Å². The minimum atomic E-state index is -0.168. The first kappa shape index (κ1) is 22.9. The molecule has 0 saturated carbocycles. The van der Waals surface area contributed by atoms with Crippen LogP contribution in [0.2, 0.25) is 0 Å². The number of carbonyl (C=O) groups is 3. The number of nitrogens with zero attached hydrogens (tertiary/aromatic N) is 4. The summed E-state index contributed by atoms with van der Waals surface area (Å²) >= 11 is 0. The third-order valence-corrected chi connectivity index (χ3v) is 5.48. The number of likely N-dealkylation sites (tertiary alicyclic amines) is 1. The second-order valence-corrected chi connectivity index (χ2v) is 7.66. The van der Waals surface area contributed by atoms with Crippen molar-refractivity contribution >= 4 is 23.4 Å². The molecule has 166 valence electrons. The molecule has 0 bridgehead atoms. The average molecular weight is 434 g/mol. The van der Waals surface area contributed by atoms with Crippen molar-refractivity contribution in [2.24, 2.45) is 0 Å². The molecule has 0 radical (unpaired) electrons. The SMILES string of the molecule is N#CCCN(C(=O)CCC(=O)N1CCC(NC(=O)c2cccnc2)CC1)c1ccccc1. The largest absolute Gasteiger partial charge is 0.349 e. The van der Waals surface area contributed by atoms with Gasteiger partial charge in [-0.3, -0.25) is 19.4 Å². The Kier molecular flexibility index (Phi) is 8.32. The smallest absolute Gasteiger partial charge is 0.253 e. The monoisotopic (exact) mass is 433 g/mol. The van der Waals surface area contributed by atoms with Gasteiger partial charge in [-0.25, -0.2) is 0 Å². The molecule has 2 aromatic rings. The van der Waals surface area contributed by atoms with Crippen molar-refractivity contribution in [2.45, 2.75) is 38.1 Å². The number of aromatic nitrogens is 1. The highest BCUT2D eigenvalue weighted by atomic mass is 16.2. The van der Waals surface area contributed by atoms with Crippen LogP contribution in [0.4, 0.5) is 5.69 Å². The fourth-order valence-corrected chi connectivity index (χ4v) is 3.71. The fourth-order valence-electron chi connectivity index (χ4n) is 3.71. The minimum Gasteiger partial charge on any atom is -0.349 e. The van der Waals surface area contributed by atoms with Gasteiger partial charge in [0.15, 0.2) is 0 Å². The molecule has 1 aromatic carbocycles. The maximum absolute atomic E-state index is 12.7. The summed E-state index contributed by atoms with van der Waals surface area (Å²) in [6.45, 7) is 1.39. The molecule has 32 heavy (non-hydrogen) atoms. The summed E-state index contributed by atoms with van der Waals surface area (Å²) in [4.78, 5) is 44.9. The highest BCUT2D eigenvalue weighted by Crippen LogP contribution is 2.17. The molecule has 3 rings (SSSR count). The predicted molar refractivity (Wildman–Crippen MR) is 120 cm³/mol. The molecule has 1 fully saturated rings. The molecule has 1 saturated heterocycles. The zero-order valence-corrected chi connectivity index (χ0v) is 17.9. The summed E-state index contributed by atoms with van der Waals surface area (Å²) in [6.07, 6.45) is 4.94. The van der Waals surface area contributed by atoms with Crippen molar-refractivity contribution in [3.63, 3.8) is 0 Å². The van der Waals surface area contributed by atoms with Crippen LogP contribution in [-0.2, 0) is 9.59 Å². The van der Waals surface area contributed by atoms with Crippen molar-refractivity contribution in [3.05, 3.63) is 60.4 Å². The summed E-state index contributed by atoms with van der Waals surface area (Å²) in [7, 11) is 0. The van der Waals surface area contributed by atoms with E-state index in [-0.39, 0.29) is 43.0 Å². The Hall–Kier alpha value is -3.73. The number of pyridine rings is 1. The van der Waals surface area contributed by atoms with E-state index in [4.69, 9.17) is 5.26 Å². The van der Waals surface area contributed by atoms with Gasteiger partial charge in [0.1, 0.15) is 0 Å². The average Bonchev–Trinajstić information content (AvgIpc) is 2.84. The van der Waals surface area contributed by atoms with E-state index in [1.165, 1.54) is 6.20 Å². The quantitative estimate of drug-likeness (QED) is 0.689. The molecule has 2 heterocycles. The van der Waals surface area contributed by atoms with Crippen LogP contribution in [0.15, 0.2) is 54.9 Å². The van der Waals surface area contributed by atoms with Gasteiger partial charge in [-0.15, -0.1) is 0 Å². The highest BCUT2D eigenvalue weighted by Gasteiger charge is 2.25. The van der Waals surface area contributed by atoms with E-state index in [1.54, 1.807) is 28.1 Å². The van der Waals surface area contributed by atoms with Gasteiger partial charge in [-0.05, 0) is 37.1 Å². The molecular formula is C24H27N5O3. The van der Waals surface area contributed by atoms with Crippen LogP contribution in [0.25, 0.3) is 0 Å². The Morgan fingerprint density at radius 3 is 2.50 bits per heavy atom. The normalized spacial score (nSPS) is 13.8. The molecule has 0 atom stereocenters. The standard InChI is InChI=1S/C24H27N5O3/c25-13-5-15-29(21-7-2-1-3-8-21)23(31)10-9-22(30)28-16-11-20(12-17-28)27-24(32)19-6-4-14-26-18-19/h1-4,6-8,14,18,20H,5,9-12,15-17H2,(H,27,32). The number of hydrogen-bond acceptors (Lipinski definition) is 5. The first-order valence-corrected chi connectivity index (χ1v) is 10.8. The predicted octanol–water partition coefficient (Wildman–Crippen LogP) is 2.53. The number of carbonyl (C=O) groups excluding carboxylic acids is 3. The van der Waals surface area contributed by atoms with Crippen LogP contribution in [0, 0.1) is 11.3 Å². The van der Waals surface area contributed by atoms with Crippen LogP contribution in [-0.4, -0.2) is 53.3 Å². The van der Waals surface area contributed by atoms with Crippen LogP contribution in [0.5, 0.6) is 0 Å². The Bertz CT molecular complexity index is 951. The Labute approximate surface area is 187 Å². The van der Waals surface area contributed by atoms with Gasteiger partial charge in [0, 0.05) is 56.6 Å². The van der Waals surface area contributed by atoms with Gasteiger partial charge in [0.2, 0.25) is 11.8 Å². The lowest BCUT2D eigenvalue weighted by Crippen LogP contribution is -2.46. The second-order valence-electron chi connectivity index (χ2n) is 7.66. The molecule has 3 amide bonds. The van der Waals surface area contributed by atoms with Gasteiger partial charge in [0.05, 0.1) is 18.1 Å². The maximum Gasteiger partial charge on any atom is 0.253 e. The fraction of sp³-hybridized carbons (Fsp3) is 0.375. The molecule has 8 heteroatoms. The van der Waals surface area contributed by atoms with Crippen molar-refractivity contribution in [1.29, 1.82) is 5.26 Å². The number of amides is 3. The molecule has 1 N–H and O–H groups in total. The number of nitrogens with one attached hydrogen (secondary N) is 1. The van der Waals surface area contributed by atoms with Crippen molar-refractivity contribution < 1.29 is 14.4 Å². The molecule has 8 nitrogen and oxygen atoms in total. The Morgan fingerprint density at radius 1 is 1.09 bits per heavy atom. The number of nitriles is 1. The molecule has 1 aliphatic rings. The number of hydrogen-bond donors (Lipinski definition) is 1. The van der Waals surface area contributed by atoms with Crippen molar-refractivity contribution in [2.75, 3.05) is 24.5 Å². The van der Waals surface area contributed by atoms with E-state index >= 15 is 0 Å². The van der Waals surface area contributed by atoms with Gasteiger partial charge in [-0.2, -0.15) is 5.26 Å². The number of rotatable bonds is 8. The van der Waals surface area contributed by atoms with E-state index in [0.717, 1.165) is 5.69 Å². The van der Waals surface area contributed by atoms with Crippen molar-refractivity contribution in [1.82, 2.24) is 15.2 Å². The summed E-state index contributed by atoms with van der Waals surface area (Å²) in [5.74, 6) is -0.394. The number of anilines is 1. The highest BCUT2D eigenvalue weighted by molar-refractivity contribution is 5.95. The summed E-state index contributed by atoms with van der Waals surface area (Å²) < 4.78 is 0. The van der Waals surface area contributed by atoms with Gasteiger partial charge in [-0.1, -0.05) is 18.2 Å². The number of piperidine rings is 1. The van der Waals surface area contributed by atoms with E-state index in [1.807, 2.05) is 30.3 Å². The third-order valence-electron chi connectivity index (χ3n) is 5.48. The van der Waals surface area contributed by atoms with Crippen LogP contribution in [0.1, 0.15) is 42.5 Å². The molecule has 0 aliphatic carbocycles. The number of benzene rings is 1. The van der Waals surface area contributed by atoms with Crippen molar-refractivity contribution in [3.8, 4) is 6.07 Å². The molecule has 0 unspecified atom stereocenters.